The fraction of sp³-hybridized carbons (Fsp3) is 0.167. The molecular weight excluding hydrogens is 396 g/mol. The molecule has 9 heteroatoms. The van der Waals surface area contributed by atoms with Crippen LogP contribution in [-0.2, 0) is 22.5 Å². The van der Waals surface area contributed by atoms with E-state index in [2.05, 4.69) is 10.1 Å². The minimum Gasteiger partial charge on any atom is -0.469 e. The SMILES string of the molecule is COC(=O)Cc1nn(Cc2nc3cc(F)cc(F)c3s2)c2ccc(Cl)cc12. The number of fused-ring (bicyclic) bond motifs is 2. The fourth-order valence-electron chi connectivity index (χ4n) is 2.88. The number of carbonyl (C=O) groups is 1. The molecule has 0 amide bonds. The molecular formula is C18H12ClF2N3O2S. The molecule has 138 valence electrons. The maximum absolute atomic E-state index is 13.9. The van der Waals surface area contributed by atoms with Crippen molar-refractivity contribution >= 4 is 50.0 Å². The number of hydrogen-bond donors (Lipinski definition) is 0. The number of thiazole rings is 1. The van der Waals surface area contributed by atoms with Gasteiger partial charge in [0, 0.05) is 22.5 Å². The van der Waals surface area contributed by atoms with Crippen LogP contribution in [0.1, 0.15) is 10.7 Å². The molecule has 0 spiro atoms. The van der Waals surface area contributed by atoms with Crippen molar-refractivity contribution in [2.45, 2.75) is 13.0 Å². The molecule has 0 atom stereocenters. The summed E-state index contributed by atoms with van der Waals surface area (Å²) < 4.78 is 34.0. The predicted octanol–water partition coefficient (Wildman–Crippen LogP) is 4.34. The number of hydrogen-bond acceptors (Lipinski definition) is 5. The van der Waals surface area contributed by atoms with Crippen molar-refractivity contribution < 1.29 is 18.3 Å². The number of aromatic nitrogens is 3. The maximum atomic E-state index is 13.9. The molecule has 5 nitrogen and oxygen atoms in total. The van der Waals surface area contributed by atoms with Gasteiger partial charge in [0.1, 0.15) is 16.6 Å². The van der Waals surface area contributed by atoms with E-state index < -0.39 is 17.6 Å². The molecule has 0 saturated carbocycles. The minimum absolute atomic E-state index is 0.0000260. The van der Waals surface area contributed by atoms with Gasteiger partial charge in [0.15, 0.2) is 0 Å². The number of rotatable bonds is 4. The van der Waals surface area contributed by atoms with Crippen LogP contribution in [0.2, 0.25) is 5.02 Å². The molecule has 0 aliphatic rings. The summed E-state index contributed by atoms with van der Waals surface area (Å²) in [5, 5.41) is 6.30. The number of esters is 1. The normalized spacial score (nSPS) is 11.4. The molecule has 0 aliphatic carbocycles. The summed E-state index contributed by atoms with van der Waals surface area (Å²) in [6, 6.07) is 7.27. The largest absolute Gasteiger partial charge is 0.469 e. The zero-order valence-corrected chi connectivity index (χ0v) is 15.6. The monoisotopic (exact) mass is 407 g/mol. The van der Waals surface area contributed by atoms with E-state index in [-0.39, 0.29) is 18.5 Å². The lowest BCUT2D eigenvalue weighted by Crippen LogP contribution is -2.07. The lowest BCUT2D eigenvalue weighted by atomic mass is 10.1. The quantitative estimate of drug-likeness (QED) is 0.472. The van der Waals surface area contributed by atoms with Crippen LogP contribution in [0.15, 0.2) is 30.3 Å². The number of ether oxygens (including phenoxy) is 1. The third-order valence-corrected chi connectivity index (χ3v) is 5.37. The van der Waals surface area contributed by atoms with Crippen LogP contribution in [0.3, 0.4) is 0 Å². The van der Waals surface area contributed by atoms with Crippen LogP contribution in [0, 0.1) is 11.6 Å². The van der Waals surface area contributed by atoms with Crippen LogP contribution in [0.5, 0.6) is 0 Å². The Bertz CT molecular complexity index is 1190. The Morgan fingerprint density at radius 3 is 2.89 bits per heavy atom. The van der Waals surface area contributed by atoms with Crippen molar-refractivity contribution in [1.29, 1.82) is 0 Å². The summed E-state index contributed by atoms with van der Waals surface area (Å²) in [5.74, 6) is -1.73. The third kappa shape index (κ3) is 3.38. The van der Waals surface area contributed by atoms with E-state index in [0.29, 0.717) is 20.4 Å². The number of nitrogens with zero attached hydrogens (tertiary/aromatic N) is 3. The number of halogens is 3. The molecule has 2 aromatic heterocycles. The number of methoxy groups -OCH3 is 1. The smallest absolute Gasteiger partial charge is 0.311 e. The molecule has 0 radical (unpaired) electrons. The predicted molar refractivity (Wildman–Crippen MR) is 99.1 cm³/mol. The first-order valence-corrected chi connectivity index (χ1v) is 9.10. The molecule has 0 N–H and O–H groups in total. The summed E-state index contributed by atoms with van der Waals surface area (Å²) in [6.45, 7) is 0.250. The minimum atomic E-state index is -0.670. The van der Waals surface area contributed by atoms with Crippen molar-refractivity contribution in [3.63, 3.8) is 0 Å². The Morgan fingerprint density at radius 2 is 2.11 bits per heavy atom. The molecule has 4 rings (SSSR count). The Labute approximate surface area is 161 Å². The summed E-state index contributed by atoms with van der Waals surface area (Å²) in [5.41, 5.74) is 1.55. The van der Waals surface area contributed by atoms with Gasteiger partial charge in [0.25, 0.3) is 0 Å². The van der Waals surface area contributed by atoms with Gasteiger partial charge in [0.05, 0.1) is 41.5 Å². The Morgan fingerprint density at radius 1 is 1.30 bits per heavy atom. The summed E-state index contributed by atoms with van der Waals surface area (Å²) >= 11 is 7.21. The van der Waals surface area contributed by atoms with Gasteiger partial charge < -0.3 is 4.74 Å². The standard InChI is InChI=1S/C18H12ClF2N3O2S/c1-26-17(25)7-13-11-4-9(19)2-3-15(11)24(23-13)8-16-22-14-6-10(20)5-12(21)18(14)27-16/h2-6H,7-8H2,1H3. The Balaban J connectivity index is 1.77. The van der Waals surface area contributed by atoms with Gasteiger partial charge >= 0.3 is 5.97 Å². The van der Waals surface area contributed by atoms with Crippen LogP contribution < -0.4 is 0 Å². The van der Waals surface area contributed by atoms with Crippen molar-refractivity contribution in [2.75, 3.05) is 7.11 Å². The first-order chi connectivity index (χ1) is 12.9. The maximum Gasteiger partial charge on any atom is 0.311 e. The number of carbonyl (C=O) groups excluding carboxylic acids is 1. The van der Waals surface area contributed by atoms with Crippen LogP contribution in [-0.4, -0.2) is 27.8 Å². The van der Waals surface area contributed by atoms with E-state index in [1.165, 1.54) is 13.2 Å². The first kappa shape index (κ1) is 17.8. The van der Waals surface area contributed by atoms with Gasteiger partial charge in [0.2, 0.25) is 0 Å². The van der Waals surface area contributed by atoms with Crippen LogP contribution in [0.25, 0.3) is 21.1 Å². The highest BCUT2D eigenvalue weighted by Crippen LogP contribution is 2.28. The van der Waals surface area contributed by atoms with Gasteiger partial charge in [-0.25, -0.2) is 13.8 Å². The second-order valence-corrected chi connectivity index (χ2v) is 7.38. The van der Waals surface area contributed by atoms with E-state index in [1.54, 1.807) is 22.9 Å². The molecule has 27 heavy (non-hydrogen) atoms. The highest BCUT2D eigenvalue weighted by Gasteiger charge is 2.17. The second-order valence-electron chi connectivity index (χ2n) is 5.86. The second kappa shape index (κ2) is 6.86. The summed E-state index contributed by atoms with van der Waals surface area (Å²) in [6.07, 6.45) is 0.0000260. The van der Waals surface area contributed by atoms with E-state index in [0.717, 1.165) is 28.3 Å². The highest BCUT2D eigenvalue weighted by molar-refractivity contribution is 7.18. The zero-order chi connectivity index (χ0) is 19.1. The molecule has 0 aliphatic heterocycles. The van der Waals surface area contributed by atoms with Crippen molar-refractivity contribution in [1.82, 2.24) is 14.8 Å². The Hall–Kier alpha value is -2.58. The number of benzene rings is 2. The fourth-order valence-corrected chi connectivity index (χ4v) is 3.98. The molecule has 0 saturated heterocycles. The van der Waals surface area contributed by atoms with E-state index in [9.17, 15) is 13.6 Å². The lowest BCUT2D eigenvalue weighted by Gasteiger charge is -2.00. The van der Waals surface area contributed by atoms with Crippen molar-refractivity contribution in [3.05, 3.63) is 57.7 Å². The van der Waals surface area contributed by atoms with Crippen molar-refractivity contribution in [3.8, 4) is 0 Å². The molecule has 4 aromatic rings. The molecule has 2 heterocycles. The summed E-state index contributed by atoms with van der Waals surface area (Å²) in [4.78, 5) is 16.0. The first-order valence-electron chi connectivity index (χ1n) is 7.91. The lowest BCUT2D eigenvalue weighted by molar-refractivity contribution is -0.139. The molecule has 0 unspecified atom stereocenters. The van der Waals surface area contributed by atoms with E-state index in [4.69, 9.17) is 16.3 Å². The molecule has 0 fully saturated rings. The van der Waals surface area contributed by atoms with Crippen molar-refractivity contribution in [2.24, 2.45) is 0 Å². The van der Waals surface area contributed by atoms with Gasteiger partial charge in [-0.1, -0.05) is 11.6 Å². The van der Waals surface area contributed by atoms with E-state index in [1.807, 2.05) is 0 Å². The van der Waals surface area contributed by atoms with Gasteiger partial charge in [-0.15, -0.1) is 11.3 Å². The molecule has 0 bridgehead atoms. The van der Waals surface area contributed by atoms with Gasteiger partial charge in [-0.05, 0) is 18.2 Å². The average Bonchev–Trinajstić information content (AvgIpc) is 3.16. The van der Waals surface area contributed by atoms with Crippen LogP contribution in [0.4, 0.5) is 8.78 Å². The van der Waals surface area contributed by atoms with Gasteiger partial charge in [-0.2, -0.15) is 5.10 Å². The van der Waals surface area contributed by atoms with Gasteiger partial charge in [-0.3, -0.25) is 9.48 Å². The topological polar surface area (TPSA) is 57.0 Å². The highest BCUT2D eigenvalue weighted by atomic mass is 35.5. The zero-order valence-electron chi connectivity index (χ0n) is 14.0. The van der Waals surface area contributed by atoms with Crippen LogP contribution >= 0.6 is 22.9 Å². The average molecular weight is 408 g/mol. The molecule has 2 aromatic carbocycles. The van der Waals surface area contributed by atoms with E-state index >= 15 is 0 Å². The summed E-state index contributed by atoms with van der Waals surface area (Å²) in [7, 11) is 1.31. The third-order valence-electron chi connectivity index (χ3n) is 4.07. The Kier molecular flexibility index (Phi) is 4.53.